The molecule has 16 heavy (non-hydrogen) atoms. The van der Waals surface area contributed by atoms with E-state index in [9.17, 15) is 0 Å². The summed E-state index contributed by atoms with van der Waals surface area (Å²) in [5.41, 5.74) is 6.31. The molecule has 0 bridgehead atoms. The van der Waals surface area contributed by atoms with Crippen molar-refractivity contribution in [3.63, 3.8) is 0 Å². The van der Waals surface area contributed by atoms with Crippen LogP contribution in [-0.2, 0) is 5.54 Å². The Kier molecular flexibility index (Phi) is 2.22. The van der Waals surface area contributed by atoms with Crippen LogP contribution in [0.25, 0.3) is 11.0 Å². The summed E-state index contributed by atoms with van der Waals surface area (Å²) in [5.74, 6) is 0.848. The molecule has 86 valence electrons. The maximum atomic E-state index is 5.80. The van der Waals surface area contributed by atoms with E-state index in [1.54, 1.807) is 11.8 Å². The lowest BCUT2D eigenvalue weighted by Gasteiger charge is -2.19. The second-order valence-corrected chi connectivity index (χ2v) is 4.55. The zero-order valence-electron chi connectivity index (χ0n) is 9.85. The fraction of sp³-hybridized carbons (Fsp3) is 0.500. The molecule has 0 spiro atoms. The van der Waals surface area contributed by atoms with Crippen LogP contribution in [0.5, 0.6) is 5.88 Å². The number of rotatable bonds is 1. The number of fused-ring (bicyclic) bond motifs is 1. The Morgan fingerprint density at radius 3 is 2.56 bits per heavy atom. The molecule has 0 saturated heterocycles. The predicted octanol–water partition coefficient (Wildman–Crippen LogP) is 1.17. The van der Waals surface area contributed by atoms with Crippen LogP contribution in [0, 0.1) is 0 Å². The number of nitrogen functional groups attached to an aromatic ring is 1. The monoisotopic (exact) mass is 221 g/mol. The van der Waals surface area contributed by atoms with Crippen molar-refractivity contribution in [3.8, 4) is 5.88 Å². The molecule has 0 atom stereocenters. The van der Waals surface area contributed by atoms with Gasteiger partial charge in [-0.15, -0.1) is 5.10 Å². The normalized spacial score (nSPS) is 12.0. The lowest BCUT2D eigenvalue weighted by atomic mass is 10.1. The van der Waals surface area contributed by atoms with Gasteiger partial charge in [0, 0.05) is 0 Å². The second-order valence-electron chi connectivity index (χ2n) is 4.55. The predicted molar refractivity (Wildman–Crippen MR) is 61.3 cm³/mol. The quantitative estimate of drug-likeness (QED) is 0.782. The van der Waals surface area contributed by atoms with E-state index >= 15 is 0 Å². The summed E-state index contributed by atoms with van der Waals surface area (Å²) < 4.78 is 6.98. The number of ether oxygens (including phenoxy) is 1. The van der Waals surface area contributed by atoms with E-state index in [1.807, 2.05) is 20.8 Å². The van der Waals surface area contributed by atoms with Crippen LogP contribution in [0.4, 0.5) is 5.82 Å². The number of anilines is 1. The molecule has 0 aliphatic rings. The maximum Gasteiger partial charge on any atom is 0.246 e. The van der Waals surface area contributed by atoms with Crippen LogP contribution in [0.3, 0.4) is 0 Å². The molecule has 2 rings (SSSR count). The summed E-state index contributed by atoms with van der Waals surface area (Å²) in [6.45, 7) is 6.12. The lowest BCUT2D eigenvalue weighted by Crippen LogP contribution is -2.23. The molecule has 2 aromatic heterocycles. The van der Waals surface area contributed by atoms with Crippen molar-refractivity contribution in [2.24, 2.45) is 0 Å². The Morgan fingerprint density at radius 2 is 2.00 bits per heavy atom. The van der Waals surface area contributed by atoms with Crippen molar-refractivity contribution in [1.29, 1.82) is 0 Å². The van der Waals surface area contributed by atoms with Crippen molar-refractivity contribution < 1.29 is 4.74 Å². The first-order valence-electron chi connectivity index (χ1n) is 4.99. The topological polar surface area (TPSA) is 78.8 Å². The average molecular weight is 221 g/mol. The fourth-order valence-corrected chi connectivity index (χ4v) is 1.55. The van der Waals surface area contributed by atoms with Gasteiger partial charge in [-0.2, -0.15) is 0 Å². The second kappa shape index (κ2) is 3.33. The Balaban J connectivity index is 2.84. The maximum absolute atomic E-state index is 5.80. The van der Waals surface area contributed by atoms with Gasteiger partial charge in [-0.05, 0) is 20.8 Å². The minimum Gasteiger partial charge on any atom is -0.479 e. The third-order valence-corrected chi connectivity index (χ3v) is 2.29. The summed E-state index contributed by atoms with van der Waals surface area (Å²) in [5, 5.41) is 5.02. The SMILES string of the molecule is COc1nn(C(C)(C)C)c2ncnc(N)c12. The van der Waals surface area contributed by atoms with E-state index in [-0.39, 0.29) is 5.54 Å². The fourth-order valence-electron chi connectivity index (χ4n) is 1.55. The molecular weight excluding hydrogens is 206 g/mol. The molecule has 0 amide bonds. The van der Waals surface area contributed by atoms with Crippen LogP contribution in [0.2, 0.25) is 0 Å². The minimum absolute atomic E-state index is 0.185. The molecule has 0 aliphatic heterocycles. The van der Waals surface area contributed by atoms with E-state index in [2.05, 4.69) is 15.1 Å². The molecule has 0 unspecified atom stereocenters. The highest BCUT2D eigenvalue weighted by Gasteiger charge is 2.23. The molecule has 2 aromatic rings. The van der Waals surface area contributed by atoms with Crippen molar-refractivity contribution in [2.45, 2.75) is 26.3 Å². The Labute approximate surface area is 93.4 Å². The van der Waals surface area contributed by atoms with Gasteiger partial charge in [-0.25, -0.2) is 14.6 Å². The van der Waals surface area contributed by atoms with Gasteiger partial charge in [-0.3, -0.25) is 0 Å². The van der Waals surface area contributed by atoms with Crippen LogP contribution in [0.1, 0.15) is 20.8 Å². The van der Waals surface area contributed by atoms with Gasteiger partial charge in [0.15, 0.2) is 5.65 Å². The number of nitrogens with zero attached hydrogens (tertiary/aromatic N) is 4. The molecule has 0 fully saturated rings. The van der Waals surface area contributed by atoms with Gasteiger partial charge in [0.05, 0.1) is 12.6 Å². The third-order valence-electron chi connectivity index (χ3n) is 2.29. The van der Waals surface area contributed by atoms with Gasteiger partial charge in [-0.1, -0.05) is 0 Å². The van der Waals surface area contributed by atoms with Gasteiger partial charge in [0.2, 0.25) is 5.88 Å². The Hall–Kier alpha value is -1.85. The number of aromatic nitrogens is 4. The van der Waals surface area contributed by atoms with Crippen molar-refractivity contribution in [2.75, 3.05) is 12.8 Å². The molecule has 6 heteroatoms. The van der Waals surface area contributed by atoms with Crippen LogP contribution in [-0.4, -0.2) is 26.9 Å². The third kappa shape index (κ3) is 1.46. The summed E-state index contributed by atoms with van der Waals surface area (Å²) in [4.78, 5) is 8.15. The molecule has 0 saturated carbocycles. The first-order chi connectivity index (χ1) is 7.45. The zero-order valence-corrected chi connectivity index (χ0v) is 9.85. The first-order valence-corrected chi connectivity index (χ1v) is 4.99. The Bertz CT molecular complexity index is 526. The van der Waals surface area contributed by atoms with Gasteiger partial charge >= 0.3 is 0 Å². The average Bonchev–Trinajstić information content (AvgIpc) is 2.57. The highest BCUT2D eigenvalue weighted by atomic mass is 16.5. The number of methoxy groups -OCH3 is 1. The lowest BCUT2D eigenvalue weighted by molar-refractivity contribution is 0.336. The highest BCUT2D eigenvalue weighted by molar-refractivity contribution is 5.90. The molecular formula is C10H15N5O. The summed E-state index contributed by atoms with van der Waals surface area (Å²) >= 11 is 0. The first kappa shape index (κ1) is 10.7. The summed E-state index contributed by atoms with van der Waals surface area (Å²) in [6.07, 6.45) is 1.43. The Morgan fingerprint density at radius 1 is 1.31 bits per heavy atom. The minimum atomic E-state index is -0.185. The van der Waals surface area contributed by atoms with Crippen LogP contribution >= 0.6 is 0 Å². The molecule has 0 radical (unpaired) electrons. The number of hydrogen-bond acceptors (Lipinski definition) is 5. The van der Waals surface area contributed by atoms with Crippen molar-refractivity contribution in [1.82, 2.24) is 19.7 Å². The van der Waals surface area contributed by atoms with E-state index < -0.39 is 0 Å². The smallest absolute Gasteiger partial charge is 0.246 e. The van der Waals surface area contributed by atoms with Gasteiger partial charge < -0.3 is 10.5 Å². The molecule has 2 heterocycles. The van der Waals surface area contributed by atoms with E-state index in [4.69, 9.17) is 10.5 Å². The summed E-state index contributed by atoms with van der Waals surface area (Å²) in [6, 6.07) is 0. The molecule has 2 N–H and O–H groups in total. The molecule has 0 aliphatic carbocycles. The van der Waals surface area contributed by atoms with E-state index in [0.29, 0.717) is 22.7 Å². The van der Waals surface area contributed by atoms with Gasteiger partial charge in [0.1, 0.15) is 17.5 Å². The largest absolute Gasteiger partial charge is 0.479 e. The molecule has 0 aromatic carbocycles. The molecule has 6 nitrogen and oxygen atoms in total. The zero-order chi connectivity index (χ0) is 11.9. The summed E-state index contributed by atoms with van der Waals surface area (Å²) in [7, 11) is 1.56. The standard InChI is InChI=1S/C10H15N5O/c1-10(2,3)15-8-6(9(14-15)16-4)7(11)12-5-13-8/h5H,1-4H3,(H2,11,12,13). The number of nitrogens with two attached hydrogens (primary N) is 1. The highest BCUT2D eigenvalue weighted by Crippen LogP contribution is 2.30. The van der Waals surface area contributed by atoms with Crippen molar-refractivity contribution in [3.05, 3.63) is 6.33 Å². The van der Waals surface area contributed by atoms with E-state index in [0.717, 1.165) is 0 Å². The van der Waals surface area contributed by atoms with E-state index in [1.165, 1.54) is 6.33 Å². The van der Waals surface area contributed by atoms with Gasteiger partial charge in [0.25, 0.3) is 0 Å². The van der Waals surface area contributed by atoms with Crippen molar-refractivity contribution >= 4 is 16.9 Å². The number of hydrogen-bond donors (Lipinski definition) is 1. The van der Waals surface area contributed by atoms with Crippen LogP contribution in [0.15, 0.2) is 6.33 Å². The van der Waals surface area contributed by atoms with Crippen LogP contribution < -0.4 is 10.5 Å².